The maximum atomic E-state index is 5.92. The number of nitrogens with one attached hydrogen (secondary N) is 1. The highest BCUT2D eigenvalue weighted by atomic mass is 15.1. The van der Waals surface area contributed by atoms with Crippen molar-refractivity contribution in [2.75, 3.05) is 20.1 Å². The van der Waals surface area contributed by atoms with Gasteiger partial charge in [-0.15, -0.1) is 0 Å². The van der Waals surface area contributed by atoms with Gasteiger partial charge in [-0.3, -0.25) is 9.97 Å². The second-order valence-electron chi connectivity index (χ2n) is 12.7. The average Bonchev–Trinajstić information content (AvgIpc) is 3.13. The lowest BCUT2D eigenvalue weighted by molar-refractivity contribution is 0.507. The molecule has 5 heteroatoms. The number of fused-ring (bicyclic) bond motifs is 1. The molecule has 2 aromatic heterocycles. The van der Waals surface area contributed by atoms with Gasteiger partial charge in [0.05, 0.1) is 6.04 Å². The van der Waals surface area contributed by atoms with Crippen LogP contribution in [-0.2, 0) is 0 Å². The molecule has 3 aromatic carbocycles. The van der Waals surface area contributed by atoms with Gasteiger partial charge in [0.15, 0.2) is 0 Å². The highest BCUT2D eigenvalue weighted by Gasteiger charge is 2.25. The zero-order valence-electron chi connectivity index (χ0n) is 27.1. The van der Waals surface area contributed by atoms with Crippen LogP contribution in [0.2, 0.25) is 0 Å². The van der Waals surface area contributed by atoms with Crippen molar-refractivity contribution in [3.05, 3.63) is 161 Å². The first-order chi connectivity index (χ1) is 23.1. The van der Waals surface area contributed by atoms with E-state index in [1.54, 1.807) is 0 Å². The highest BCUT2D eigenvalue weighted by molar-refractivity contribution is 5.88. The van der Waals surface area contributed by atoms with Crippen LogP contribution in [0.4, 0.5) is 0 Å². The van der Waals surface area contributed by atoms with E-state index in [1.165, 1.54) is 39.0 Å². The van der Waals surface area contributed by atoms with Gasteiger partial charge in [0.1, 0.15) is 0 Å². The van der Waals surface area contributed by atoms with Crippen LogP contribution in [0.5, 0.6) is 0 Å². The van der Waals surface area contributed by atoms with E-state index in [2.05, 4.69) is 131 Å². The summed E-state index contributed by atoms with van der Waals surface area (Å²) in [5.41, 5.74) is 20.1. The van der Waals surface area contributed by atoms with Crippen LogP contribution in [0.15, 0.2) is 128 Å². The molecule has 2 unspecified atom stereocenters. The summed E-state index contributed by atoms with van der Waals surface area (Å²) in [5, 5.41) is 4.01. The van der Waals surface area contributed by atoms with Gasteiger partial charge in [0, 0.05) is 61.4 Å². The van der Waals surface area contributed by atoms with E-state index in [0.29, 0.717) is 12.5 Å². The molecule has 5 aromatic rings. The van der Waals surface area contributed by atoms with Gasteiger partial charge in [-0.05, 0) is 118 Å². The molecule has 0 saturated heterocycles. The molecular formula is C42H41N5. The molecule has 0 amide bonds. The minimum Gasteiger partial charge on any atom is -0.376 e. The summed E-state index contributed by atoms with van der Waals surface area (Å²) in [4.78, 5) is 11.1. The van der Waals surface area contributed by atoms with Gasteiger partial charge in [-0.25, -0.2) is 0 Å². The number of nitrogens with two attached hydrogens (primary N) is 1. The van der Waals surface area contributed by atoms with Crippen molar-refractivity contribution in [2.24, 2.45) is 5.73 Å². The number of likely N-dealkylation sites (N-methyl/N-ethyl adjacent to an activating group) is 1. The Bertz CT molecular complexity index is 1960. The van der Waals surface area contributed by atoms with Gasteiger partial charge in [-0.1, -0.05) is 67.6 Å². The third-order valence-electron chi connectivity index (χ3n) is 9.25. The van der Waals surface area contributed by atoms with Crippen molar-refractivity contribution in [2.45, 2.75) is 31.7 Å². The van der Waals surface area contributed by atoms with Crippen LogP contribution in [0.3, 0.4) is 0 Å². The third-order valence-corrected chi connectivity index (χ3v) is 9.25. The first kappa shape index (κ1) is 30.4. The number of nitrogens with zero attached hydrogens (tertiary/aromatic N) is 3. The Morgan fingerprint density at radius 3 is 2.28 bits per heavy atom. The number of hydrogen-bond acceptors (Lipinski definition) is 5. The Labute approximate surface area is 278 Å². The van der Waals surface area contributed by atoms with E-state index < -0.39 is 0 Å². The Morgan fingerprint density at radius 1 is 0.830 bits per heavy atom. The Kier molecular flexibility index (Phi) is 8.81. The molecular weight excluding hydrogens is 574 g/mol. The normalized spacial score (nSPS) is 16.1. The van der Waals surface area contributed by atoms with E-state index >= 15 is 0 Å². The monoisotopic (exact) mass is 615 g/mol. The Morgan fingerprint density at radius 2 is 1.55 bits per heavy atom. The highest BCUT2D eigenvalue weighted by Crippen LogP contribution is 2.39. The topological polar surface area (TPSA) is 67.1 Å². The fraction of sp³-hybridized carbons (Fsp3) is 0.190. The number of aromatic nitrogens is 2. The van der Waals surface area contributed by atoms with E-state index in [-0.39, 0.29) is 6.04 Å². The Hall–Kier alpha value is -5.26. The van der Waals surface area contributed by atoms with Gasteiger partial charge in [-0.2, -0.15) is 0 Å². The summed E-state index contributed by atoms with van der Waals surface area (Å²) in [5.74, 6) is 0.386. The molecule has 234 valence electrons. The zero-order valence-corrected chi connectivity index (χ0v) is 27.1. The summed E-state index contributed by atoms with van der Waals surface area (Å²) in [7, 11) is 2.12. The van der Waals surface area contributed by atoms with Crippen LogP contribution < -0.4 is 11.1 Å². The molecule has 7 rings (SSSR count). The van der Waals surface area contributed by atoms with E-state index in [0.717, 1.165) is 47.3 Å². The molecule has 5 nitrogen and oxygen atoms in total. The van der Waals surface area contributed by atoms with Crippen molar-refractivity contribution in [1.29, 1.82) is 0 Å². The van der Waals surface area contributed by atoms with Crippen LogP contribution in [-0.4, -0.2) is 35.0 Å². The van der Waals surface area contributed by atoms with Crippen LogP contribution in [0.25, 0.3) is 39.6 Å². The zero-order chi connectivity index (χ0) is 32.2. The molecule has 47 heavy (non-hydrogen) atoms. The summed E-state index contributed by atoms with van der Waals surface area (Å²) >= 11 is 0. The minimum atomic E-state index is -0.0336. The molecule has 3 N–H and O–H groups in total. The van der Waals surface area contributed by atoms with Crippen LogP contribution >= 0.6 is 0 Å². The van der Waals surface area contributed by atoms with Crippen molar-refractivity contribution < 1.29 is 0 Å². The van der Waals surface area contributed by atoms with Gasteiger partial charge in [0.2, 0.25) is 0 Å². The lowest BCUT2D eigenvalue weighted by Crippen LogP contribution is -2.25. The molecule has 4 heterocycles. The molecule has 0 aliphatic carbocycles. The van der Waals surface area contributed by atoms with Crippen LogP contribution in [0.1, 0.15) is 65.1 Å². The summed E-state index contributed by atoms with van der Waals surface area (Å²) < 4.78 is 0. The number of pyridine rings is 2. The fourth-order valence-corrected chi connectivity index (χ4v) is 6.68. The van der Waals surface area contributed by atoms with Crippen molar-refractivity contribution >= 4 is 17.3 Å². The van der Waals surface area contributed by atoms with Gasteiger partial charge >= 0.3 is 0 Å². The van der Waals surface area contributed by atoms with Gasteiger partial charge < -0.3 is 16.0 Å². The maximum Gasteiger partial charge on any atom is 0.0773 e. The summed E-state index contributed by atoms with van der Waals surface area (Å²) in [6, 6.07) is 30.9. The standard InChI is InChI=1S/C42H41N5/c1-29(9-5-15-43)34-19-35(31-11-6-16-44-26-31)24-39(20-34)42-40-14-4-3-10-30(40)25-41(46-42)38-22-36(32-12-7-17-45-27-32)21-37(23-38)33-13-8-18-47(2)28-33/h3-4,6-8,10-14,16-17,19-29,42,46H,5,9,15,18,43H2,1-2H3. The minimum absolute atomic E-state index is 0.0336. The predicted molar refractivity (Wildman–Crippen MR) is 195 cm³/mol. The molecule has 0 bridgehead atoms. The smallest absolute Gasteiger partial charge is 0.0773 e. The Balaban J connectivity index is 1.36. The first-order valence-corrected chi connectivity index (χ1v) is 16.5. The maximum absolute atomic E-state index is 5.92. The predicted octanol–water partition coefficient (Wildman–Crippen LogP) is 8.69. The average molecular weight is 616 g/mol. The van der Waals surface area contributed by atoms with Gasteiger partial charge in [0.25, 0.3) is 0 Å². The van der Waals surface area contributed by atoms with Crippen LogP contribution in [0, 0.1) is 0 Å². The molecule has 2 atom stereocenters. The molecule has 2 aliphatic rings. The lowest BCUT2D eigenvalue weighted by Gasteiger charge is -2.30. The second kappa shape index (κ2) is 13.6. The molecule has 0 radical (unpaired) electrons. The largest absolute Gasteiger partial charge is 0.376 e. The molecule has 0 saturated carbocycles. The lowest BCUT2D eigenvalue weighted by atomic mass is 9.85. The number of hydrogen-bond donors (Lipinski definition) is 2. The first-order valence-electron chi connectivity index (χ1n) is 16.5. The molecule has 2 aliphatic heterocycles. The van der Waals surface area contributed by atoms with E-state index in [1.807, 2.05) is 36.9 Å². The van der Waals surface area contributed by atoms with E-state index in [4.69, 9.17) is 5.73 Å². The van der Waals surface area contributed by atoms with E-state index in [9.17, 15) is 0 Å². The quantitative estimate of drug-likeness (QED) is 0.174. The SMILES string of the molecule is CC(CCCN)c1cc(-c2cccnc2)cc(C2NC(c3cc(C4=CN(C)CC=C4)cc(-c4cccnc4)c3)=Cc3ccccc32)c1. The molecule has 0 spiro atoms. The number of allylic oxidation sites excluding steroid dienone is 2. The number of benzene rings is 3. The van der Waals surface area contributed by atoms with Crippen molar-refractivity contribution in [1.82, 2.24) is 20.2 Å². The number of rotatable bonds is 9. The van der Waals surface area contributed by atoms with Crippen molar-refractivity contribution in [3.63, 3.8) is 0 Å². The second-order valence-corrected chi connectivity index (χ2v) is 12.7. The molecule has 0 fully saturated rings. The summed E-state index contributed by atoms with van der Waals surface area (Å²) in [6.07, 6.45) is 18.6. The fourth-order valence-electron chi connectivity index (χ4n) is 6.68. The van der Waals surface area contributed by atoms with Crippen molar-refractivity contribution in [3.8, 4) is 22.3 Å². The summed E-state index contributed by atoms with van der Waals surface area (Å²) in [6.45, 7) is 3.93. The third kappa shape index (κ3) is 6.67.